The average molecular weight is 571 g/mol. The van der Waals surface area contributed by atoms with Gasteiger partial charge in [0.25, 0.3) is 0 Å². The van der Waals surface area contributed by atoms with Crippen LogP contribution in [0.3, 0.4) is 0 Å². The Labute approximate surface area is 253 Å². The highest BCUT2D eigenvalue weighted by Crippen LogP contribution is 2.51. The summed E-state index contributed by atoms with van der Waals surface area (Å²) in [5, 5.41) is 11.2. The predicted octanol–water partition coefficient (Wildman–Crippen LogP) is 9.61. The van der Waals surface area contributed by atoms with Crippen molar-refractivity contribution in [1.82, 2.24) is 4.68 Å². The van der Waals surface area contributed by atoms with Gasteiger partial charge in [-0.1, -0.05) is 139 Å². The molecule has 1 aromatic heterocycles. The number of fused-ring (bicyclic) bond motifs is 9. The minimum Gasteiger partial charge on any atom is -0.282 e. The number of aromatic nitrogens is 1. The molecule has 2 N–H and O–H groups in total. The second-order valence-corrected chi connectivity index (χ2v) is 11.6. The Hall–Kier alpha value is -5.39. The number of hydrogen-bond donors (Lipinski definition) is 2. The molecule has 2 heterocycles. The normalized spacial score (nSPS) is 12.3. The molecule has 0 saturated heterocycles. The number of amidine groups is 2. The molecule has 8 rings (SSSR count). The van der Waals surface area contributed by atoms with E-state index in [1.54, 1.807) is 0 Å². The minimum atomic E-state index is 0.197. The van der Waals surface area contributed by atoms with Gasteiger partial charge in [-0.25, -0.2) is 4.99 Å². The molecule has 1 aliphatic heterocycles. The number of hydrogen-bond acceptors (Lipinski definition) is 2. The predicted molar refractivity (Wildman–Crippen MR) is 180 cm³/mol. The third-order valence-electron chi connectivity index (χ3n) is 7.93. The summed E-state index contributed by atoms with van der Waals surface area (Å²) in [5.74, 6) is 0.801. The van der Waals surface area contributed by atoms with Gasteiger partial charge in [-0.05, 0) is 34.9 Å². The lowest BCUT2D eigenvalue weighted by Crippen LogP contribution is -2.25. The summed E-state index contributed by atoms with van der Waals surface area (Å²) in [6.07, 6.45) is 0. The van der Waals surface area contributed by atoms with Crippen molar-refractivity contribution in [2.45, 2.75) is 9.79 Å². The van der Waals surface area contributed by atoms with Gasteiger partial charge in [0.15, 0.2) is 11.7 Å². The third kappa shape index (κ3) is 4.33. The van der Waals surface area contributed by atoms with Gasteiger partial charge in [0.1, 0.15) is 0 Å². The quantitative estimate of drug-likeness (QED) is 0.164. The van der Waals surface area contributed by atoms with Crippen LogP contribution in [0.5, 0.6) is 0 Å². The Morgan fingerprint density at radius 2 is 1.19 bits per heavy atom. The highest BCUT2D eigenvalue weighted by atomic mass is 32.2. The summed E-state index contributed by atoms with van der Waals surface area (Å²) in [7, 11) is 0. The van der Waals surface area contributed by atoms with Gasteiger partial charge >= 0.3 is 0 Å². The fraction of sp³-hybridized carbons (Fsp3) is 0. The van der Waals surface area contributed by atoms with Gasteiger partial charge in [0, 0.05) is 37.3 Å². The summed E-state index contributed by atoms with van der Waals surface area (Å²) in [4.78, 5) is 7.32. The standard InChI is InChI=1S/C38H26N4S/c39-37(25-13-3-1-4-14-25)40-38(26-15-5-2-6-16-26)41-42-32-21-11-9-18-28(32)31-23-24-34-35(36(31)42)30-20-8-7-17-27(30)29-19-10-12-22-33(29)43-34/h1-24H,(H2,39,40,41). The Balaban J connectivity index is 1.41. The molecule has 0 radical (unpaired) electrons. The molecule has 6 aromatic carbocycles. The number of para-hydroxylation sites is 1. The lowest BCUT2D eigenvalue weighted by Gasteiger charge is -2.18. The molecule has 0 unspecified atom stereocenters. The van der Waals surface area contributed by atoms with Crippen LogP contribution in [0.2, 0.25) is 0 Å². The van der Waals surface area contributed by atoms with Crippen molar-refractivity contribution in [1.29, 1.82) is 5.41 Å². The highest BCUT2D eigenvalue weighted by molar-refractivity contribution is 7.99. The van der Waals surface area contributed by atoms with Crippen LogP contribution >= 0.6 is 11.8 Å². The molecule has 0 fully saturated rings. The van der Waals surface area contributed by atoms with Crippen LogP contribution in [0.15, 0.2) is 160 Å². The monoisotopic (exact) mass is 570 g/mol. The van der Waals surface area contributed by atoms with Crippen LogP contribution in [0, 0.1) is 5.41 Å². The maximum atomic E-state index is 8.88. The Morgan fingerprint density at radius 1 is 0.558 bits per heavy atom. The van der Waals surface area contributed by atoms with Crippen molar-refractivity contribution in [3.8, 4) is 22.3 Å². The third-order valence-corrected chi connectivity index (χ3v) is 9.06. The van der Waals surface area contributed by atoms with Crippen LogP contribution in [0.4, 0.5) is 0 Å². The van der Waals surface area contributed by atoms with E-state index in [1.807, 2.05) is 72.4 Å². The molecular formula is C38H26N4S. The van der Waals surface area contributed by atoms with E-state index in [0.717, 1.165) is 32.9 Å². The maximum absolute atomic E-state index is 8.88. The van der Waals surface area contributed by atoms with E-state index in [9.17, 15) is 0 Å². The van der Waals surface area contributed by atoms with Gasteiger partial charge in [0.2, 0.25) is 0 Å². The van der Waals surface area contributed by atoms with E-state index >= 15 is 0 Å². The molecule has 7 aromatic rings. The summed E-state index contributed by atoms with van der Waals surface area (Å²) >= 11 is 1.81. The van der Waals surface area contributed by atoms with E-state index < -0.39 is 0 Å². The zero-order chi connectivity index (χ0) is 28.8. The molecule has 5 heteroatoms. The fourth-order valence-electron chi connectivity index (χ4n) is 5.96. The number of nitrogens with one attached hydrogen (secondary N) is 2. The van der Waals surface area contributed by atoms with Crippen molar-refractivity contribution in [2.24, 2.45) is 4.99 Å². The topological polar surface area (TPSA) is 53.2 Å². The van der Waals surface area contributed by atoms with E-state index in [-0.39, 0.29) is 5.84 Å². The van der Waals surface area contributed by atoms with E-state index in [4.69, 9.17) is 10.4 Å². The Bertz CT molecular complexity index is 2200. The first-order valence-electron chi connectivity index (χ1n) is 14.2. The van der Waals surface area contributed by atoms with Gasteiger partial charge < -0.3 is 0 Å². The van der Waals surface area contributed by atoms with Crippen LogP contribution in [-0.2, 0) is 0 Å². The molecule has 0 atom stereocenters. The molecule has 1 aliphatic rings. The zero-order valence-electron chi connectivity index (χ0n) is 23.2. The molecule has 4 nitrogen and oxygen atoms in total. The molecular weight excluding hydrogens is 545 g/mol. The van der Waals surface area contributed by atoms with E-state index in [0.29, 0.717) is 5.84 Å². The second-order valence-electron chi connectivity index (χ2n) is 10.5. The largest absolute Gasteiger partial charge is 0.282 e. The number of nitrogens with zero attached hydrogens (tertiary/aromatic N) is 2. The lowest BCUT2D eigenvalue weighted by molar-refractivity contribution is 1.08. The summed E-state index contributed by atoms with van der Waals surface area (Å²) < 4.78 is 2.17. The zero-order valence-corrected chi connectivity index (χ0v) is 24.0. The second kappa shape index (κ2) is 10.5. The van der Waals surface area contributed by atoms with Crippen LogP contribution in [0.25, 0.3) is 44.1 Å². The highest BCUT2D eigenvalue weighted by Gasteiger charge is 2.25. The maximum Gasteiger partial charge on any atom is 0.154 e. The van der Waals surface area contributed by atoms with E-state index in [2.05, 4.69) is 95.0 Å². The molecule has 0 spiro atoms. The summed E-state index contributed by atoms with van der Waals surface area (Å²) in [5.41, 5.74) is 12.3. The van der Waals surface area contributed by atoms with E-state index in [1.165, 1.54) is 32.0 Å². The van der Waals surface area contributed by atoms with Crippen LogP contribution < -0.4 is 5.43 Å². The molecule has 0 aliphatic carbocycles. The first kappa shape index (κ1) is 25.3. The number of aliphatic imine (C=N–C) groups is 1. The first-order valence-corrected chi connectivity index (χ1v) is 15.1. The molecule has 0 saturated carbocycles. The van der Waals surface area contributed by atoms with Crippen molar-refractivity contribution in [2.75, 3.05) is 5.43 Å². The average Bonchev–Trinajstić information content (AvgIpc) is 3.30. The molecule has 0 amide bonds. The Morgan fingerprint density at radius 3 is 1.98 bits per heavy atom. The van der Waals surface area contributed by atoms with Gasteiger partial charge in [-0.3, -0.25) is 15.5 Å². The smallest absolute Gasteiger partial charge is 0.154 e. The number of rotatable bonds is 3. The Kier molecular flexibility index (Phi) is 6.16. The molecule has 0 bridgehead atoms. The fourth-order valence-corrected chi connectivity index (χ4v) is 7.08. The summed E-state index contributed by atoms with van der Waals surface area (Å²) in [6.45, 7) is 0. The minimum absolute atomic E-state index is 0.197. The summed E-state index contributed by atoms with van der Waals surface area (Å²) in [6, 6.07) is 50.0. The van der Waals surface area contributed by atoms with Crippen molar-refractivity contribution >= 4 is 45.2 Å². The van der Waals surface area contributed by atoms with Crippen molar-refractivity contribution in [3.05, 3.63) is 157 Å². The van der Waals surface area contributed by atoms with Gasteiger partial charge in [-0.15, -0.1) is 0 Å². The van der Waals surface area contributed by atoms with Crippen LogP contribution in [0.1, 0.15) is 11.1 Å². The molecule has 204 valence electrons. The van der Waals surface area contributed by atoms with Gasteiger partial charge in [0.05, 0.1) is 11.0 Å². The molecule has 43 heavy (non-hydrogen) atoms. The number of benzene rings is 6. The lowest BCUT2D eigenvalue weighted by atomic mass is 9.93. The SMILES string of the molecule is N=C(N=C(Nn1c2ccccc2c2ccc3c(c21)-c1ccccc1-c1ccccc1S3)c1ccccc1)c1ccccc1. The van der Waals surface area contributed by atoms with Crippen LogP contribution in [-0.4, -0.2) is 16.3 Å². The van der Waals surface area contributed by atoms with Crippen molar-refractivity contribution in [3.63, 3.8) is 0 Å². The van der Waals surface area contributed by atoms with Crippen molar-refractivity contribution < 1.29 is 0 Å². The van der Waals surface area contributed by atoms with Gasteiger partial charge in [-0.2, -0.15) is 0 Å². The first-order chi connectivity index (χ1) is 21.3.